The molecular formula is C29H40BrClFN3O5. The van der Waals surface area contributed by atoms with Crippen LogP contribution in [0.3, 0.4) is 0 Å². The van der Waals surface area contributed by atoms with Gasteiger partial charge in [0.25, 0.3) is 0 Å². The topological polar surface area (TPSA) is 82.9 Å². The monoisotopic (exact) mass is 643 g/mol. The van der Waals surface area contributed by atoms with E-state index in [0.29, 0.717) is 31.0 Å². The maximum atomic E-state index is 15.4. The second kappa shape index (κ2) is 12.9. The molecule has 0 N–H and O–H groups in total. The van der Waals surface area contributed by atoms with Gasteiger partial charge in [-0.1, -0.05) is 11.6 Å². The van der Waals surface area contributed by atoms with Crippen molar-refractivity contribution in [2.24, 2.45) is 5.92 Å². The van der Waals surface area contributed by atoms with E-state index in [1.807, 2.05) is 31.5 Å². The Bertz CT molecular complexity index is 1210. The SMILES string of the molecule is CC(C)(C)OC(=O)N1CCCC(C[C@@](C)(F)C(=O)OCCCc2c(Cl)cc3c(cnn3C3CCCCO3)c2Br)C1. The summed E-state index contributed by atoms with van der Waals surface area (Å²) < 4.78 is 34.9. The Morgan fingerprint density at radius 2 is 2.00 bits per heavy atom. The van der Waals surface area contributed by atoms with Gasteiger partial charge in [-0.3, -0.25) is 0 Å². The summed E-state index contributed by atoms with van der Waals surface area (Å²) in [6.45, 7) is 8.42. The third kappa shape index (κ3) is 7.68. The Kier molecular flexibility index (Phi) is 10.0. The highest BCUT2D eigenvalue weighted by atomic mass is 79.9. The van der Waals surface area contributed by atoms with Crippen LogP contribution in [0.5, 0.6) is 0 Å². The highest BCUT2D eigenvalue weighted by molar-refractivity contribution is 9.10. The summed E-state index contributed by atoms with van der Waals surface area (Å²) in [7, 11) is 0. The van der Waals surface area contributed by atoms with Crippen LogP contribution in [-0.2, 0) is 25.4 Å². The van der Waals surface area contributed by atoms with Crippen LogP contribution < -0.4 is 0 Å². The fourth-order valence-corrected chi connectivity index (χ4v) is 6.57. The number of likely N-dealkylation sites (tertiary alicyclic amines) is 1. The number of benzene rings is 1. The molecule has 2 aromatic rings. The van der Waals surface area contributed by atoms with Crippen LogP contribution in [0.4, 0.5) is 9.18 Å². The lowest BCUT2D eigenvalue weighted by atomic mass is 9.87. The molecule has 40 heavy (non-hydrogen) atoms. The van der Waals surface area contributed by atoms with Crippen molar-refractivity contribution in [3.05, 3.63) is 27.3 Å². The number of hydrogen-bond acceptors (Lipinski definition) is 6. The molecule has 2 aliphatic rings. The molecule has 1 amide bonds. The predicted molar refractivity (Wildman–Crippen MR) is 155 cm³/mol. The van der Waals surface area contributed by atoms with Crippen molar-refractivity contribution in [1.82, 2.24) is 14.7 Å². The minimum atomic E-state index is -2.14. The average Bonchev–Trinajstić information content (AvgIpc) is 3.31. The number of hydrogen-bond donors (Lipinski definition) is 0. The van der Waals surface area contributed by atoms with Crippen LogP contribution in [0.2, 0.25) is 5.02 Å². The number of rotatable bonds is 8. The van der Waals surface area contributed by atoms with Crippen molar-refractivity contribution in [3.8, 4) is 0 Å². The molecule has 222 valence electrons. The highest BCUT2D eigenvalue weighted by Crippen LogP contribution is 2.37. The molecule has 0 radical (unpaired) electrons. The van der Waals surface area contributed by atoms with Gasteiger partial charge in [0.1, 0.15) is 5.60 Å². The summed E-state index contributed by atoms with van der Waals surface area (Å²) in [4.78, 5) is 26.7. The third-order valence-electron chi connectivity index (χ3n) is 7.39. The zero-order valence-electron chi connectivity index (χ0n) is 23.8. The van der Waals surface area contributed by atoms with Gasteiger partial charge in [-0.25, -0.2) is 18.7 Å². The highest BCUT2D eigenvalue weighted by Gasteiger charge is 2.39. The van der Waals surface area contributed by atoms with Crippen LogP contribution in [0, 0.1) is 5.92 Å². The Labute approximate surface area is 248 Å². The van der Waals surface area contributed by atoms with Crippen LogP contribution in [0.15, 0.2) is 16.7 Å². The Balaban J connectivity index is 1.29. The zero-order chi connectivity index (χ0) is 29.1. The summed E-state index contributed by atoms with van der Waals surface area (Å²) in [5.74, 6) is -1.03. The van der Waals surface area contributed by atoms with Crippen molar-refractivity contribution in [1.29, 1.82) is 0 Å². The number of piperidine rings is 1. The van der Waals surface area contributed by atoms with E-state index in [9.17, 15) is 9.59 Å². The molecule has 0 saturated carbocycles. The van der Waals surface area contributed by atoms with Gasteiger partial charge in [0.05, 0.1) is 18.3 Å². The van der Waals surface area contributed by atoms with Crippen molar-refractivity contribution >= 4 is 50.5 Å². The molecule has 1 aromatic heterocycles. The van der Waals surface area contributed by atoms with E-state index < -0.39 is 23.3 Å². The van der Waals surface area contributed by atoms with E-state index in [0.717, 1.165) is 59.7 Å². The first kappa shape index (κ1) is 31.0. The van der Waals surface area contributed by atoms with Gasteiger partial charge in [0.2, 0.25) is 5.67 Å². The van der Waals surface area contributed by atoms with Gasteiger partial charge in [0, 0.05) is 34.6 Å². The predicted octanol–water partition coefficient (Wildman–Crippen LogP) is 7.39. The van der Waals surface area contributed by atoms with Crippen LogP contribution in [0.1, 0.15) is 84.4 Å². The maximum absolute atomic E-state index is 15.4. The molecule has 0 bridgehead atoms. The number of halogens is 3. The van der Waals surface area contributed by atoms with Gasteiger partial charge < -0.3 is 19.1 Å². The molecule has 3 heterocycles. The first-order valence-corrected chi connectivity index (χ1v) is 15.3. The molecule has 2 unspecified atom stereocenters. The summed E-state index contributed by atoms with van der Waals surface area (Å²) in [5.41, 5.74) is -0.948. The number of amides is 1. The molecule has 0 aliphatic carbocycles. The van der Waals surface area contributed by atoms with E-state index in [1.165, 1.54) is 6.92 Å². The summed E-state index contributed by atoms with van der Waals surface area (Å²) >= 11 is 10.3. The van der Waals surface area contributed by atoms with Gasteiger partial charge in [-0.05, 0) is 113 Å². The third-order valence-corrected chi connectivity index (χ3v) is 8.63. The molecule has 8 nitrogen and oxygen atoms in total. The second-order valence-corrected chi connectivity index (χ2v) is 13.3. The molecule has 0 spiro atoms. The average molecular weight is 645 g/mol. The van der Waals surface area contributed by atoms with Crippen molar-refractivity contribution in [2.45, 2.75) is 96.6 Å². The van der Waals surface area contributed by atoms with Crippen LogP contribution >= 0.6 is 27.5 Å². The zero-order valence-corrected chi connectivity index (χ0v) is 26.2. The van der Waals surface area contributed by atoms with Crippen LogP contribution in [-0.4, -0.2) is 64.3 Å². The largest absolute Gasteiger partial charge is 0.463 e. The molecule has 2 aliphatic heterocycles. The second-order valence-electron chi connectivity index (χ2n) is 12.1. The lowest BCUT2D eigenvalue weighted by Gasteiger charge is -2.35. The van der Waals surface area contributed by atoms with Gasteiger partial charge in [-0.15, -0.1) is 0 Å². The Morgan fingerprint density at radius 3 is 2.70 bits per heavy atom. The number of alkyl halides is 1. The van der Waals surface area contributed by atoms with Gasteiger partial charge >= 0.3 is 12.1 Å². The molecule has 2 saturated heterocycles. The quantitative estimate of drug-likeness (QED) is 0.220. The smallest absolute Gasteiger partial charge is 0.410 e. The minimum absolute atomic E-state index is 0.00608. The molecular weight excluding hydrogens is 605 g/mol. The lowest BCUT2D eigenvalue weighted by Crippen LogP contribution is -2.45. The number of ether oxygens (including phenoxy) is 3. The van der Waals surface area contributed by atoms with E-state index in [-0.39, 0.29) is 25.2 Å². The molecule has 2 fully saturated rings. The number of aromatic nitrogens is 2. The van der Waals surface area contributed by atoms with Crippen LogP contribution in [0.25, 0.3) is 10.9 Å². The number of fused-ring (bicyclic) bond motifs is 1. The number of nitrogens with zero attached hydrogens (tertiary/aromatic N) is 3. The van der Waals surface area contributed by atoms with E-state index in [2.05, 4.69) is 21.0 Å². The Hall–Kier alpha value is -1.91. The fourth-order valence-electron chi connectivity index (χ4n) is 5.45. The lowest BCUT2D eigenvalue weighted by molar-refractivity contribution is -0.158. The summed E-state index contributed by atoms with van der Waals surface area (Å²) in [5, 5.41) is 6.08. The summed E-state index contributed by atoms with van der Waals surface area (Å²) in [6, 6.07) is 1.90. The van der Waals surface area contributed by atoms with Crippen molar-refractivity contribution in [3.63, 3.8) is 0 Å². The van der Waals surface area contributed by atoms with Gasteiger partial charge in [0.15, 0.2) is 6.23 Å². The minimum Gasteiger partial charge on any atom is -0.463 e. The number of carbonyl (C=O) groups excluding carboxylic acids is 2. The van der Waals surface area contributed by atoms with E-state index in [1.54, 1.807) is 11.1 Å². The van der Waals surface area contributed by atoms with E-state index in [4.69, 9.17) is 25.8 Å². The molecule has 1 aromatic carbocycles. The Morgan fingerprint density at radius 1 is 1.23 bits per heavy atom. The maximum Gasteiger partial charge on any atom is 0.410 e. The first-order chi connectivity index (χ1) is 18.9. The standard InChI is InChI=1S/C29H40BrClFN3O5/c1-28(2,3)40-27(37)34-12-7-9-19(18-34)16-29(4,32)26(36)39-14-8-10-20-22(31)15-23-21(25(20)30)17-33-35(23)24-11-5-6-13-38-24/h15,17,19,24H,5-14,16,18H2,1-4H3/t19?,24?,29-/m1/s1. The normalized spacial score (nSPS) is 21.7. The van der Waals surface area contributed by atoms with Crippen molar-refractivity contribution in [2.75, 3.05) is 26.3 Å². The molecule has 3 atom stereocenters. The van der Waals surface area contributed by atoms with Crippen molar-refractivity contribution < 1.29 is 28.2 Å². The molecule has 11 heteroatoms. The molecule has 4 rings (SSSR count). The fraction of sp³-hybridized carbons (Fsp3) is 0.690. The van der Waals surface area contributed by atoms with Gasteiger partial charge in [-0.2, -0.15) is 5.10 Å². The summed E-state index contributed by atoms with van der Waals surface area (Å²) in [6.07, 6.45) is 6.88. The first-order valence-electron chi connectivity index (χ1n) is 14.2. The number of esters is 1. The van der Waals surface area contributed by atoms with E-state index >= 15 is 4.39 Å². The number of carbonyl (C=O) groups is 2.